The van der Waals surface area contributed by atoms with Gasteiger partial charge in [0.2, 0.25) is 17.7 Å². The molecule has 5 aromatic rings. The van der Waals surface area contributed by atoms with Gasteiger partial charge >= 0.3 is 0 Å². The highest BCUT2D eigenvalue weighted by Gasteiger charge is 2.40. The van der Waals surface area contributed by atoms with Crippen molar-refractivity contribution in [2.24, 2.45) is 5.10 Å². The van der Waals surface area contributed by atoms with E-state index in [-0.39, 0.29) is 74.1 Å². The second kappa shape index (κ2) is 25.0. The van der Waals surface area contributed by atoms with E-state index in [9.17, 15) is 28.8 Å². The molecule has 19 nitrogen and oxygen atoms in total. The first kappa shape index (κ1) is 52.8. The quantitative estimate of drug-likeness (QED) is 0.0229. The summed E-state index contributed by atoms with van der Waals surface area (Å²) in [7, 11) is 3.25. The standard InChI is InChI=1S/C56H62N10O9/c1-36-32-64(43-19-16-41(17-20-43)54(70)59-50-29-42(61-62-50)18-13-39-27-45(73-3)30-46(28-39)74-4)33-37(2)65(36)35-53(69)63-58-31-38-14-21-44(22-15-38)75-26-6-5-12-51(67)57-25-8-10-40-9-7-11-47-48(40)34-66(56(47)72)49-23-24-52(68)60-55(49)71/h7,9,11,14-17,19-22,27-31,36-37,49H,5-6,12-13,18,23-26,32-35H2,1-4H3,(H,57,67)(H,63,69)(H,60,68,71)(H2,59,61,62,70)/b58-31+/t36-,37+,49?. The minimum absolute atomic E-state index is 0.0728. The number of hydrogen-bond acceptors (Lipinski definition) is 13. The first-order chi connectivity index (χ1) is 36.3. The van der Waals surface area contributed by atoms with Gasteiger partial charge in [0.25, 0.3) is 17.7 Å². The summed E-state index contributed by atoms with van der Waals surface area (Å²) < 4.78 is 16.6. The van der Waals surface area contributed by atoms with Gasteiger partial charge in [-0.15, -0.1) is 0 Å². The monoisotopic (exact) mass is 1020 g/mol. The second-order valence-electron chi connectivity index (χ2n) is 18.8. The fourth-order valence-electron chi connectivity index (χ4n) is 9.42. The van der Waals surface area contributed by atoms with Gasteiger partial charge in [0.15, 0.2) is 5.82 Å². The number of unbranched alkanes of at least 4 members (excludes halogenated alkanes) is 1. The topological polar surface area (TPSA) is 229 Å². The minimum atomic E-state index is -0.701. The number of nitrogens with zero attached hydrogens (tertiary/aromatic N) is 5. The molecule has 0 aliphatic carbocycles. The maximum Gasteiger partial charge on any atom is 0.256 e. The summed E-state index contributed by atoms with van der Waals surface area (Å²) in [6.07, 6.45) is 5.08. The predicted molar refractivity (Wildman–Crippen MR) is 282 cm³/mol. The van der Waals surface area contributed by atoms with Gasteiger partial charge in [0.1, 0.15) is 23.3 Å². The molecule has 8 rings (SSSR count). The lowest BCUT2D eigenvalue weighted by molar-refractivity contribution is -0.137. The van der Waals surface area contributed by atoms with Gasteiger partial charge < -0.3 is 34.6 Å². The van der Waals surface area contributed by atoms with Gasteiger partial charge in [0, 0.05) is 84.8 Å². The number of rotatable bonds is 20. The maximum absolute atomic E-state index is 13.1. The number of amides is 6. The lowest BCUT2D eigenvalue weighted by atomic mass is 10.0. The highest BCUT2D eigenvalue weighted by molar-refractivity contribution is 6.06. The molecule has 75 heavy (non-hydrogen) atoms. The molecule has 3 aliphatic rings. The van der Waals surface area contributed by atoms with Crippen molar-refractivity contribution < 1.29 is 43.0 Å². The third kappa shape index (κ3) is 14.0. The highest BCUT2D eigenvalue weighted by Crippen LogP contribution is 2.30. The molecule has 0 saturated carbocycles. The van der Waals surface area contributed by atoms with Crippen LogP contribution in [0, 0.1) is 11.8 Å². The average Bonchev–Trinajstić information content (AvgIpc) is 4.01. The molecule has 0 bridgehead atoms. The van der Waals surface area contributed by atoms with Gasteiger partial charge in [-0.05, 0) is 135 Å². The summed E-state index contributed by atoms with van der Waals surface area (Å²) in [4.78, 5) is 81.6. The second-order valence-corrected chi connectivity index (χ2v) is 18.8. The van der Waals surface area contributed by atoms with E-state index in [2.05, 4.69) is 72.2 Å². The number of hydrazone groups is 1. The Morgan fingerprint density at radius 3 is 2.33 bits per heavy atom. The highest BCUT2D eigenvalue weighted by atomic mass is 16.5. The van der Waals surface area contributed by atoms with Crippen LogP contribution < -0.4 is 40.5 Å². The Kier molecular flexibility index (Phi) is 17.6. The largest absolute Gasteiger partial charge is 0.497 e. The Bertz CT molecular complexity index is 2950. The smallest absolute Gasteiger partial charge is 0.256 e. The molecule has 3 atom stereocenters. The number of aromatic nitrogens is 2. The number of aryl methyl sites for hydroxylation is 2. The zero-order chi connectivity index (χ0) is 52.8. The minimum Gasteiger partial charge on any atom is -0.497 e. The predicted octanol–water partition coefficient (Wildman–Crippen LogP) is 4.99. The lowest BCUT2D eigenvalue weighted by Gasteiger charge is -2.45. The molecule has 6 amide bonds. The fourth-order valence-corrected chi connectivity index (χ4v) is 9.42. The number of benzene rings is 4. The van der Waals surface area contributed by atoms with Crippen LogP contribution in [0.25, 0.3) is 0 Å². The number of imide groups is 1. The van der Waals surface area contributed by atoms with Crippen molar-refractivity contribution in [2.45, 2.75) is 83.5 Å². The Hall–Kier alpha value is -8.50. The number of piperazine rings is 1. The first-order valence-electron chi connectivity index (χ1n) is 25.1. The summed E-state index contributed by atoms with van der Waals surface area (Å²) in [5, 5.41) is 19.5. The summed E-state index contributed by atoms with van der Waals surface area (Å²) in [6, 6.07) is 27.2. The summed E-state index contributed by atoms with van der Waals surface area (Å²) >= 11 is 0. The van der Waals surface area contributed by atoms with E-state index >= 15 is 0 Å². The van der Waals surface area contributed by atoms with E-state index in [4.69, 9.17) is 14.2 Å². The van der Waals surface area contributed by atoms with Gasteiger partial charge in [-0.3, -0.25) is 44.1 Å². The molecule has 2 fully saturated rings. The molecule has 0 spiro atoms. The molecule has 2 saturated heterocycles. The van der Waals surface area contributed by atoms with Gasteiger partial charge in [-0.1, -0.05) is 17.9 Å². The van der Waals surface area contributed by atoms with Crippen LogP contribution in [0.15, 0.2) is 96.1 Å². The summed E-state index contributed by atoms with van der Waals surface area (Å²) in [5.41, 5.74) is 8.77. The average molecular weight is 1020 g/mol. The van der Waals surface area contributed by atoms with E-state index < -0.39 is 11.9 Å². The number of H-pyrrole nitrogens is 1. The van der Waals surface area contributed by atoms with Crippen molar-refractivity contribution >= 4 is 53.2 Å². The van der Waals surface area contributed by atoms with Crippen LogP contribution in [0.4, 0.5) is 11.5 Å². The number of hydrogen-bond donors (Lipinski definition) is 5. The van der Waals surface area contributed by atoms with Crippen molar-refractivity contribution in [1.82, 2.24) is 36.1 Å². The SMILES string of the molecule is COc1cc(CCc2cc(NC(=O)c3ccc(N4C[C@@H](C)N(CC(=O)N/N=C/c5ccc(OCCCCC(=O)NCC#Cc6cccc7c6CN(C6CCC(=O)NC6=O)C7=O)cc5)[C@@H](C)C4)cc3)n[nH]2)cc(OC)c1. The van der Waals surface area contributed by atoms with Gasteiger partial charge in [-0.25, -0.2) is 5.43 Å². The molecule has 1 aromatic heterocycles. The number of piperidine rings is 1. The number of carbonyl (C=O) groups is 6. The Morgan fingerprint density at radius 2 is 1.61 bits per heavy atom. The third-order valence-electron chi connectivity index (χ3n) is 13.4. The fraction of sp³-hybridized carbons (Fsp3) is 0.357. The van der Waals surface area contributed by atoms with E-state index in [0.29, 0.717) is 73.6 Å². The molecule has 4 aromatic carbocycles. The molecule has 0 radical (unpaired) electrons. The van der Waals surface area contributed by atoms with E-state index in [1.807, 2.05) is 78.9 Å². The molecule has 19 heteroatoms. The normalized spacial score (nSPS) is 17.4. The van der Waals surface area contributed by atoms with Crippen molar-refractivity contribution in [3.63, 3.8) is 0 Å². The van der Waals surface area contributed by atoms with Crippen LogP contribution in [0.1, 0.15) is 94.6 Å². The molecule has 1 unspecified atom stereocenters. The molecular weight excluding hydrogens is 957 g/mol. The number of fused-ring (bicyclic) bond motifs is 1. The summed E-state index contributed by atoms with van der Waals surface area (Å²) in [6.45, 7) is 6.59. The Morgan fingerprint density at radius 1 is 0.867 bits per heavy atom. The third-order valence-corrected chi connectivity index (χ3v) is 13.4. The Balaban J connectivity index is 0.690. The molecular formula is C56H62N10O9. The lowest BCUT2D eigenvalue weighted by Crippen LogP contribution is -2.58. The van der Waals surface area contributed by atoms with Gasteiger partial charge in [0.05, 0.1) is 40.1 Å². The van der Waals surface area contributed by atoms with E-state index in [0.717, 1.165) is 46.0 Å². The van der Waals surface area contributed by atoms with E-state index in [1.165, 1.54) is 4.90 Å². The molecule has 3 aliphatic heterocycles. The van der Waals surface area contributed by atoms with Crippen LogP contribution >= 0.6 is 0 Å². The van der Waals surface area contributed by atoms with Crippen molar-refractivity contribution in [3.8, 4) is 29.1 Å². The van der Waals surface area contributed by atoms with Crippen LogP contribution in [-0.4, -0.2) is 127 Å². The van der Waals surface area contributed by atoms with Crippen LogP contribution in [-0.2, 0) is 38.6 Å². The zero-order valence-electron chi connectivity index (χ0n) is 42.6. The number of nitrogens with one attached hydrogen (secondary N) is 5. The van der Waals surface area contributed by atoms with Crippen molar-refractivity contribution in [1.29, 1.82) is 0 Å². The zero-order valence-corrected chi connectivity index (χ0v) is 42.6. The van der Waals surface area contributed by atoms with Crippen molar-refractivity contribution in [3.05, 3.63) is 130 Å². The number of ether oxygens (including phenoxy) is 3. The van der Waals surface area contributed by atoms with Crippen LogP contribution in [0.2, 0.25) is 0 Å². The summed E-state index contributed by atoms with van der Waals surface area (Å²) in [5.74, 6) is 6.94. The van der Waals surface area contributed by atoms with Crippen LogP contribution in [0.5, 0.6) is 17.2 Å². The van der Waals surface area contributed by atoms with Crippen molar-refractivity contribution in [2.75, 3.05) is 57.2 Å². The molecule has 5 N–H and O–H groups in total. The van der Waals surface area contributed by atoms with Gasteiger partial charge in [-0.2, -0.15) is 10.2 Å². The van der Waals surface area contributed by atoms with Crippen LogP contribution in [0.3, 0.4) is 0 Å². The number of carbonyl (C=O) groups excluding carboxylic acids is 6. The molecule has 4 heterocycles. The Labute approximate surface area is 435 Å². The maximum atomic E-state index is 13.1. The van der Waals surface area contributed by atoms with E-state index in [1.54, 1.807) is 32.6 Å². The number of anilines is 2. The first-order valence-corrected chi connectivity index (χ1v) is 25.1. The number of methoxy groups -OCH3 is 2. The molecule has 390 valence electrons. The number of aromatic amines is 1.